The SMILES string of the molecule is CCOc1cc(C=NN2C(=O)[C@@H]3[C@H](C2=O)[C@H]2C=C[C@H]3C2)c(Br)c(Br)c1OCC(=O)O. The minimum atomic E-state index is -1.12. The summed E-state index contributed by atoms with van der Waals surface area (Å²) in [5, 5.41) is 14.0. The van der Waals surface area contributed by atoms with Crippen molar-refractivity contribution in [3.63, 3.8) is 0 Å². The minimum Gasteiger partial charge on any atom is -0.490 e. The Morgan fingerprint density at radius 3 is 2.40 bits per heavy atom. The Kier molecular flexibility index (Phi) is 5.71. The molecule has 10 heteroatoms. The highest BCUT2D eigenvalue weighted by Crippen LogP contribution is 2.52. The van der Waals surface area contributed by atoms with Crippen LogP contribution in [-0.2, 0) is 14.4 Å². The zero-order valence-electron chi connectivity index (χ0n) is 15.9. The topological polar surface area (TPSA) is 106 Å². The monoisotopic (exact) mass is 540 g/mol. The molecule has 30 heavy (non-hydrogen) atoms. The summed E-state index contributed by atoms with van der Waals surface area (Å²) in [6, 6.07) is 1.61. The predicted molar refractivity (Wildman–Crippen MR) is 113 cm³/mol. The van der Waals surface area contributed by atoms with Crippen LogP contribution in [0.15, 0.2) is 32.3 Å². The van der Waals surface area contributed by atoms with Gasteiger partial charge >= 0.3 is 5.97 Å². The number of ether oxygens (including phenoxy) is 2. The van der Waals surface area contributed by atoms with Crippen molar-refractivity contribution in [3.05, 3.63) is 32.7 Å². The number of amides is 2. The van der Waals surface area contributed by atoms with Crippen molar-refractivity contribution in [2.45, 2.75) is 13.3 Å². The molecule has 0 aromatic heterocycles. The van der Waals surface area contributed by atoms with Gasteiger partial charge in [0.15, 0.2) is 18.1 Å². The van der Waals surface area contributed by atoms with Crippen LogP contribution in [0.25, 0.3) is 0 Å². The lowest BCUT2D eigenvalue weighted by molar-refractivity contribution is -0.141. The first kappa shape index (κ1) is 21.0. The second kappa shape index (κ2) is 8.14. The third-order valence-electron chi connectivity index (χ3n) is 5.56. The normalized spacial score (nSPS) is 26.7. The number of nitrogens with zero attached hydrogens (tertiary/aromatic N) is 2. The summed E-state index contributed by atoms with van der Waals surface area (Å²) in [6.45, 7) is 1.58. The van der Waals surface area contributed by atoms with Gasteiger partial charge in [-0.15, -0.1) is 0 Å². The second-order valence-corrected chi connectivity index (χ2v) is 8.86. The van der Waals surface area contributed by atoms with Crippen molar-refractivity contribution in [3.8, 4) is 11.5 Å². The molecular weight excluding hydrogens is 524 g/mol. The summed E-state index contributed by atoms with van der Waals surface area (Å²) >= 11 is 6.80. The average Bonchev–Trinajstić information content (AvgIpc) is 3.38. The molecule has 2 amide bonds. The van der Waals surface area contributed by atoms with Crippen molar-refractivity contribution < 1.29 is 29.0 Å². The van der Waals surface area contributed by atoms with E-state index in [4.69, 9.17) is 14.6 Å². The molecule has 1 N–H and O–H groups in total. The van der Waals surface area contributed by atoms with Gasteiger partial charge in [-0.25, -0.2) is 4.79 Å². The van der Waals surface area contributed by atoms with E-state index in [0.29, 0.717) is 26.9 Å². The molecule has 0 unspecified atom stereocenters. The highest BCUT2D eigenvalue weighted by Gasteiger charge is 2.59. The third-order valence-corrected chi connectivity index (χ3v) is 7.70. The molecule has 3 aliphatic rings. The molecule has 2 aliphatic carbocycles. The number of carboxylic acid groups (broad SMARTS) is 1. The zero-order chi connectivity index (χ0) is 21.6. The van der Waals surface area contributed by atoms with Crippen LogP contribution in [0.1, 0.15) is 18.9 Å². The standard InChI is InChI=1S/C20H18Br2N2O6/c1-2-29-12-6-11(16(21)17(22)18(12)30-8-13(25)26)7-23-24-19(27)14-9-3-4-10(5-9)15(14)20(24)28/h3-4,6-7,9-10,14-15H,2,5,8H2,1H3,(H,25,26)/t9-,10-,14-,15+/m0/s1. The minimum absolute atomic E-state index is 0.118. The number of hydrogen-bond acceptors (Lipinski definition) is 6. The van der Waals surface area contributed by atoms with Crippen molar-refractivity contribution in [1.29, 1.82) is 0 Å². The first-order valence-electron chi connectivity index (χ1n) is 9.43. The lowest BCUT2D eigenvalue weighted by Gasteiger charge is -2.16. The van der Waals surface area contributed by atoms with Crippen LogP contribution in [0.2, 0.25) is 0 Å². The Hall–Kier alpha value is -2.20. The van der Waals surface area contributed by atoms with Gasteiger partial charge in [-0.05, 0) is 63.1 Å². The predicted octanol–water partition coefficient (Wildman–Crippen LogP) is 3.21. The fourth-order valence-corrected chi connectivity index (χ4v) is 5.29. The number of benzene rings is 1. The summed E-state index contributed by atoms with van der Waals surface area (Å²) in [4.78, 5) is 36.4. The molecule has 0 radical (unpaired) electrons. The summed E-state index contributed by atoms with van der Waals surface area (Å²) in [5.74, 6) is -1.50. The van der Waals surface area contributed by atoms with E-state index in [1.807, 2.05) is 12.2 Å². The fourth-order valence-electron chi connectivity index (χ4n) is 4.35. The molecule has 158 valence electrons. The van der Waals surface area contributed by atoms with E-state index in [2.05, 4.69) is 37.0 Å². The molecule has 2 bridgehead atoms. The molecule has 4 atom stereocenters. The smallest absolute Gasteiger partial charge is 0.341 e. The van der Waals surface area contributed by atoms with Gasteiger partial charge in [-0.3, -0.25) is 9.59 Å². The Morgan fingerprint density at radius 1 is 1.20 bits per heavy atom. The maximum atomic E-state index is 12.8. The maximum absolute atomic E-state index is 12.8. The Bertz CT molecular complexity index is 962. The van der Waals surface area contributed by atoms with Crippen molar-refractivity contribution in [2.24, 2.45) is 28.8 Å². The molecule has 1 heterocycles. The molecule has 1 saturated carbocycles. The highest BCUT2D eigenvalue weighted by atomic mass is 79.9. The van der Waals surface area contributed by atoms with Crippen LogP contribution in [0.3, 0.4) is 0 Å². The number of aliphatic carboxylic acids is 1. The van der Waals surface area contributed by atoms with E-state index >= 15 is 0 Å². The van der Waals surface area contributed by atoms with Gasteiger partial charge in [0.25, 0.3) is 11.8 Å². The van der Waals surface area contributed by atoms with Crippen molar-refractivity contribution in [1.82, 2.24) is 5.01 Å². The second-order valence-electron chi connectivity index (χ2n) is 7.27. The van der Waals surface area contributed by atoms with Gasteiger partial charge in [0.1, 0.15) is 0 Å². The molecule has 4 rings (SSSR count). The van der Waals surface area contributed by atoms with E-state index in [0.717, 1.165) is 11.4 Å². The summed E-state index contributed by atoms with van der Waals surface area (Å²) in [5.41, 5.74) is 0.534. The molecule has 0 spiro atoms. The lowest BCUT2D eigenvalue weighted by atomic mass is 9.85. The molecule has 1 aliphatic heterocycles. The van der Waals surface area contributed by atoms with Gasteiger partial charge in [0.2, 0.25) is 0 Å². The molecule has 1 aromatic carbocycles. The maximum Gasteiger partial charge on any atom is 0.341 e. The first-order valence-corrected chi connectivity index (χ1v) is 11.0. The Morgan fingerprint density at radius 2 is 1.83 bits per heavy atom. The number of hydrazone groups is 1. The summed E-state index contributed by atoms with van der Waals surface area (Å²) in [6.07, 6.45) is 6.33. The van der Waals surface area contributed by atoms with Gasteiger partial charge in [0.05, 0.1) is 29.1 Å². The molecule has 2 fully saturated rings. The molecular formula is C20H18Br2N2O6. The number of allylic oxidation sites excluding steroid dienone is 2. The van der Waals surface area contributed by atoms with E-state index < -0.39 is 12.6 Å². The number of rotatable bonds is 7. The van der Waals surface area contributed by atoms with Crippen LogP contribution in [0, 0.1) is 23.7 Å². The molecule has 8 nitrogen and oxygen atoms in total. The molecule has 1 saturated heterocycles. The van der Waals surface area contributed by atoms with Crippen LogP contribution < -0.4 is 9.47 Å². The Balaban J connectivity index is 1.61. The van der Waals surface area contributed by atoms with E-state index in [1.165, 1.54) is 6.21 Å². The van der Waals surface area contributed by atoms with E-state index in [1.54, 1.807) is 13.0 Å². The largest absolute Gasteiger partial charge is 0.490 e. The number of carbonyl (C=O) groups is 3. The number of carboxylic acids is 1. The third kappa shape index (κ3) is 3.45. The summed E-state index contributed by atoms with van der Waals surface area (Å²) < 4.78 is 11.9. The van der Waals surface area contributed by atoms with Gasteiger partial charge < -0.3 is 14.6 Å². The van der Waals surface area contributed by atoms with Crippen molar-refractivity contribution >= 4 is 55.9 Å². The van der Waals surface area contributed by atoms with Gasteiger partial charge in [-0.2, -0.15) is 10.1 Å². The van der Waals surface area contributed by atoms with Gasteiger partial charge in [0, 0.05) is 10.0 Å². The first-order chi connectivity index (χ1) is 14.3. The zero-order valence-corrected chi connectivity index (χ0v) is 19.1. The van der Waals surface area contributed by atoms with E-state index in [-0.39, 0.29) is 41.2 Å². The summed E-state index contributed by atoms with van der Waals surface area (Å²) in [7, 11) is 0. The molecule has 1 aromatic rings. The fraction of sp³-hybridized carbons (Fsp3) is 0.400. The van der Waals surface area contributed by atoms with E-state index in [9.17, 15) is 14.4 Å². The van der Waals surface area contributed by atoms with Crippen LogP contribution in [0.4, 0.5) is 0 Å². The number of imide groups is 1. The number of carbonyl (C=O) groups excluding carboxylic acids is 2. The number of fused-ring (bicyclic) bond motifs is 5. The lowest BCUT2D eigenvalue weighted by Crippen LogP contribution is -2.28. The van der Waals surface area contributed by atoms with Crippen LogP contribution >= 0.6 is 31.9 Å². The quantitative estimate of drug-likeness (QED) is 0.323. The van der Waals surface area contributed by atoms with Gasteiger partial charge in [-0.1, -0.05) is 12.2 Å². The van der Waals surface area contributed by atoms with Crippen LogP contribution in [-0.4, -0.2) is 47.3 Å². The average molecular weight is 542 g/mol. The van der Waals surface area contributed by atoms with Crippen molar-refractivity contribution in [2.75, 3.05) is 13.2 Å². The number of halogens is 2. The van der Waals surface area contributed by atoms with Crippen LogP contribution in [0.5, 0.6) is 11.5 Å². The highest BCUT2D eigenvalue weighted by molar-refractivity contribution is 9.13. The Labute approximate surface area is 189 Å². The number of hydrogen-bond donors (Lipinski definition) is 1.